The summed E-state index contributed by atoms with van der Waals surface area (Å²) in [5, 5.41) is 9.22. The SMILES string of the molecule is Cc1ccc(NC(=O)Cn2c(=O)n(C)c3c(-c4cc(C)c(OCc5ncn[nH]5)c(F)c4)cncc32)cc1. The Labute approximate surface area is 210 Å². The van der Waals surface area contributed by atoms with E-state index in [1.807, 2.05) is 19.1 Å². The number of H-pyrrole nitrogens is 1. The van der Waals surface area contributed by atoms with Crippen LogP contribution in [0.4, 0.5) is 10.1 Å². The number of halogens is 1. The summed E-state index contributed by atoms with van der Waals surface area (Å²) in [5.74, 6) is -0.341. The van der Waals surface area contributed by atoms with Gasteiger partial charge in [0.15, 0.2) is 17.4 Å². The van der Waals surface area contributed by atoms with E-state index in [0.29, 0.717) is 39.2 Å². The molecule has 0 atom stereocenters. The molecule has 2 aromatic carbocycles. The number of aryl methyl sites for hydroxylation is 3. The zero-order chi connectivity index (χ0) is 26.1. The van der Waals surface area contributed by atoms with Gasteiger partial charge in [-0.2, -0.15) is 5.10 Å². The molecule has 0 spiro atoms. The summed E-state index contributed by atoms with van der Waals surface area (Å²) < 4.78 is 23.5. The Hall–Kier alpha value is -4.80. The molecule has 2 N–H and O–H groups in total. The van der Waals surface area contributed by atoms with Crippen molar-refractivity contribution in [1.82, 2.24) is 29.3 Å². The molecule has 3 heterocycles. The fourth-order valence-electron chi connectivity index (χ4n) is 4.23. The predicted octanol–water partition coefficient (Wildman–Crippen LogP) is 3.49. The number of imidazole rings is 1. The first kappa shape index (κ1) is 23.9. The minimum absolute atomic E-state index is 0.0379. The summed E-state index contributed by atoms with van der Waals surface area (Å²) in [6, 6.07) is 10.5. The van der Waals surface area contributed by atoms with Crippen LogP contribution in [-0.4, -0.2) is 35.2 Å². The minimum Gasteiger partial charge on any atom is -0.482 e. The molecule has 0 aliphatic rings. The molecule has 188 valence electrons. The lowest BCUT2D eigenvalue weighted by Crippen LogP contribution is -2.28. The van der Waals surface area contributed by atoms with Crippen LogP contribution in [0.5, 0.6) is 5.75 Å². The highest BCUT2D eigenvalue weighted by Gasteiger charge is 2.20. The molecule has 5 rings (SSSR count). The molecule has 0 saturated heterocycles. The molecule has 0 fully saturated rings. The van der Waals surface area contributed by atoms with E-state index in [9.17, 15) is 9.59 Å². The van der Waals surface area contributed by atoms with Gasteiger partial charge in [-0.15, -0.1) is 0 Å². The summed E-state index contributed by atoms with van der Waals surface area (Å²) in [5.41, 5.74) is 3.98. The van der Waals surface area contributed by atoms with Crippen molar-refractivity contribution in [3.63, 3.8) is 0 Å². The lowest BCUT2D eigenvalue weighted by atomic mass is 10.0. The Bertz CT molecular complexity index is 1630. The Kier molecular flexibility index (Phi) is 6.26. The van der Waals surface area contributed by atoms with E-state index in [1.54, 1.807) is 38.4 Å². The number of fused-ring (bicyclic) bond motifs is 1. The normalized spacial score (nSPS) is 11.1. The van der Waals surface area contributed by atoms with E-state index in [2.05, 4.69) is 25.5 Å². The Balaban J connectivity index is 1.47. The average molecular weight is 502 g/mol. The first-order valence-electron chi connectivity index (χ1n) is 11.5. The van der Waals surface area contributed by atoms with Gasteiger partial charge in [-0.05, 0) is 49.2 Å². The van der Waals surface area contributed by atoms with Crippen molar-refractivity contribution in [2.75, 3.05) is 5.32 Å². The third-order valence-corrected chi connectivity index (χ3v) is 6.04. The first-order chi connectivity index (χ1) is 17.8. The smallest absolute Gasteiger partial charge is 0.329 e. The number of nitrogens with one attached hydrogen (secondary N) is 2. The second-order valence-electron chi connectivity index (χ2n) is 8.72. The summed E-state index contributed by atoms with van der Waals surface area (Å²) in [4.78, 5) is 34.1. The average Bonchev–Trinajstić information content (AvgIpc) is 3.48. The summed E-state index contributed by atoms with van der Waals surface area (Å²) in [6.45, 7) is 3.53. The number of amides is 1. The molecule has 3 aromatic heterocycles. The predicted molar refractivity (Wildman–Crippen MR) is 136 cm³/mol. The maximum absolute atomic E-state index is 15.1. The van der Waals surface area contributed by atoms with E-state index in [0.717, 1.165) is 5.56 Å². The van der Waals surface area contributed by atoms with Gasteiger partial charge in [0, 0.05) is 24.5 Å². The Morgan fingerprint density at radius 2 is 1.95 bits per heavy atom. The molecule has 1 amide bonds. The summed E-state index contributed by atoms with van der Waals surface area (Å²) in [6.07, 6.45) is 4.44. The van der Waals surface area contributed by atoms with Crippen LogP contribution in [0.15, 0.2) is 59.9 Å². The van der Waals surface area contributed by atoms with Crippen LogP contribution in [0, 0.1) is 19.7 Å². The molecule has 0 bridgehead atoms. The van der Waals surface area contributed by atoms with Gasteiger partial charge in [-0.3, -0.25) is 24.0 Å². The van der Waals surface area contributed by atoms with Crippen LogP contribution >= 0.6 is 0 Å². The molecule has 5 aromatic rings. The molecule has 0 aliphatic carbocycles. The Morgan fingerprint density at radius 3 is 2.65 bits per heavy atom. The molecule has 0 aliphatic heterocycles. The number of pyridine rings is 1. The number of benzene rings is 2. The van der Waals surface area contributed by atoms with E-state index < -0.39 is 5.82 Å². The van der Waals surface area contributed by atoms with Gasteiger partial charge >= 0.3 is 5.69 Å². The van der Waals surface area contributed by atoms with Gasteiger partial charge in [0.2, 0.25) is 5.91 Å². The van der Waals surface area contributed by atoms with Crippen LogP contribution in [0.25, 0.3) is 22.2 Å². The number of aromatic nitrogens is 6. The van der Waals surface area contributed by atoms with Crippen molar-refractivity contribution in [3.8, 4) is 16.9 Å². The largest absolute Gasteiger partial charge is 0.482 e. The number of anilines is 1. The van der Waals surface area contributed by atoms with Gasteiger partial charge in [0.1, 0.15) is 19.5 Å². The number of nitrogens with zero attached hydrogens (tertiary/aromatic N) is 5. The number of carbonyl (C=O) groups excluding carboxylic acids is 1. The molecule has 0 radical (unpaired) electrons. The number of carbonyl (C=O) groups is 1. The lowest BCUT2D eigenvalue weighted by molar-refractivity contribution is -0.116. The fourth-order valence-corrected chi connectivity index (χ4v) is 4.23. The maximum Gasteiger partial charge on any atom is 0.329 e. The highest BCUT2D eigenvalue weighted by molar-refractivity contribution is 5.94. The van der Waals surface area contributed by atoms with Crippen molar-refractivity contribution in [2.24, 2.45) is 7.05 Å². The molecule has 0 unspecified atom stereocenters. The number of rotatable bonds is 7. The first-order valence-corrected chi connectivity index (χ1v) is 11.5. The monoisotopic (exact) mass is 501 g/mol. The third kappa shape index (κ3) is 4.70. The molecule has 0 saturated carbocycles. The quantitative estimate of drug-likeness (QED) is 0.352. The van der Waals surface area contributed by atoms with Gasteiger partial charge < -0.3 is 10.1 Å². The van der Waals surface area contributed by atoms with E-state index in [4.69, 9.17) is 4.74 Å². The second kappa shape index (κ2) is 9.69. The van der Waals surface area contributed by atoms with Crippen molar-refractivity contribution >= 4 is 22.6 Å². The molecule has 10 nitrogen and oxygen atoms in total. The molecular formula is C26H24FN7O3. The zero-order valence-corrected chi connectivity index (χ0v) is 20.4. The standard InChI is InChI=1S/C26H24FN7O3/c1-15-4-6-18(7-5-15)31-23(35)12-34-21-11-28-10-19(24(21)33(3)26(34)36)17-8-16(2)25(20(27)9-17)37-13-22-29-14-30-32-22/h4-11,14H,12-13H2,1-3H3,(H,31,35)(H,29,30,32). The van der Waals surface area contributed by atoms with Gasteiger partial charge in [0.05, 0.1) is 17.2 Å². The van der Waals surface area contributed by atoms with Crippen LogP contribution in [0.2, 0.25) is 0 Å². The number of ether oxygens (including phenoxy) is 1. The van der Waals surface area contributed by atoms with E-state index in [1.165, 1.54) is 27.7 Å². The van der Waals surface area contributed by atoms with E-state index in [-0.39, 0.29) is 30.5 Å². The van der Waals surface area contributed by atoms with Crippen molar-refractivity contribution in [3.05, 3.63) is 88.4 Å². The maximum atomic E-state index is 15.1. The summed E-state index contributed by atoms with van der Waals surface area (Å²) in [7, 11) is 1.61. The van der Waals surface area contributed by atoms with Gasteiger partial charge in [-0.25, -0.2) is 14.2 Å². The molecule has 11 heteroatoms. The van der Waals surface area contributed by atoms with Gasteiger partial charge in [0.25, 0.3) is 0 Å². The van der Waals surface area contributed by atoms with E-state index >= 15 is 4.39 Å². The Morgan fingerprint density at radius 1 is 1.16 bits per heavy atom. The van der Waals surface area contributed by atoms with Crippen molar-refractivity contribution in [2.45, 2.75) is 27.0 Å². The molecular weight excluding hydrogens is 477 g/mol. The zero-order valence-electron chi connectivity index (χ0n) is 20.4. The number of hydrogen-bond donors (Lipinski definition) is 2. The number of aromatic amines is 1. The highest BCUT2D eigenvalue weighted by Crippen LogP contribution is 2.33. The topological polar surface area (TPSA) is 120 Å². The second-order valence-corrected chi connectivity index (χ2v) is 8.72. The van der Waals surface area contributed by atoms with Crippen molar-refractivity contribution in [1.29, 1.82) is 0 Å². The highest BCUT2D eigenvalue weighted by atomic mass is 19.1. The molecule has 37 heavy (non-hydrogen) atoms. The van der Waals surface area contributed by atoms with Crippen LogP contribution in [-0.2, 0) is 25.0 Å². The van der Waals surface area contributed by atoms with Crippen molar-refractivity contribution < 1.29 is 13.9 Å². The summed E-state index contributed by atoms with van der Waals surface area (Å²) >= 11 is 0. The number of hydrogen-bond acceptors (Lipinski definition) is 6. The van der Waals surface area contributed by atoms with Crippen LogP contribution < -0.4 is 15.7 Å². The van der Waals surface area contributed by atoms with Gasteiger partial charge in [-0.1, -0.05) is 17.7 Å². The third-order valence-electron chi connectivity index (χ3n) is 6.04. The van der Waals surface area contributed by atoms with Crippen LogP contribution in [0.3, 0.4) is 0 Å². The lowest BCUT2D eigenvalue weighted by Gasteiger charge is -2.12. The fraction of sp³-hybridized carbons (Fsp3) is 0.192. The minimum atomic E-state index is -0.562. The van der Waals surface area contributed by atoms with Crippen LogP contribution in [0.1, 0.15) is 17.0 Å².